The predicted octanol–water partition coefficient (Wildman–Crippen LogP) is 4.08. The number of carbonyl (C=O) groups is 1. The van der Waals surface area contributed by atoms with Crippen LogP contribution in [0.3, 0.4) is 0 Å². The van der Waals surface area contributed by atoms with Crippen molar-refractivity contribution in [3.05, 3.63) is 53.5 Å². The number of carbonyl (C=O) groups excluding carboxylic acids is 1. The van der Waals surface area contributed by atoms with Crippen molar-refractivity contribution in [3.8, 4) is 5.75 Å². The van der Waals surface area contributed by atoms with Crippen LogP contribution in [0, 0.1) is 11.7 Å². The average Bonchev–Trinajstić information content (AvgIpc) is 3.52. The lowest BCUT2D eigenvalue weighted by Crippen LogP contribution is -2.45. The molecule has 4 aliphatic rings. The number of hydrogen-bond donors (Lipinski definition) is 2. The fourth-order valence-electron chi connectivity index (χ4n) is 5.95. The van der Waals surface area contributed by atoms with Crippen molar-refractivity contribution in [2.75, 3.05) is 36.5 Å². The fourth-order valence-corrected chi connectivity index (χ4v) is 5.95. The Kier molecular flexibility index (Phi) is 4.74. The molecule has 2 fully saturated rings. The van der Waals surface area contributed by atoms with E-state index >= 15 is 0 Å². The Morgan fingerprint density at radius 3 is 2.86 bits per heavy atom. The van der Waals surface area contributed by atoms with Gasteiger partial charge in [0.15, 0.2) is 0 Å². The van der Waals surface area contributed by atoms with Crippen molar-refractivity contribution in [2.24, 2.45) is 11.7 Å². The van der Waals surface area contributed by atoms with E-state index in [2.05, 4.69) is 20.9 Å². The zero-order valence-electron chi connectivity index (χ0n) is 19.7. The smallest absolute Gasteiger partial charge is 0.254 e. The van der Waals surface area contributed by atoms with E-state index < -0.39 is 0 Å². The van der Waals surface area contributed by atoms with Gasteiger partial charge in [0.25, 0.3) is 5.91 Å². The summed E-state index contributed by atoms with van der Waals surface area (Å²) >= 11 is 0. The maximum Gasteiger partial charge on any atom is 0.254 e. The number of ether oxygens (including phenoxy) is 1. The zero-order chi connectivity index (χ0) is 23.7. The minimum absolute atomic E-state index is 0.00324. The predicted molar refractivity (Wildman–Crippen MR) is 133 cm³/mol. The van der Waals surface area contributed by atoms with Gasteiger partial charge in [-0.15, -0.1) is 0 Å². The number of hydrogen-bond acceptors (Lipinski definition) is 5. The Hall–Kier alpha value is -3.26. The van der Waals surface area contributed by atoms with Crippen LogP contribution in [0.5, 0.6) is 5.75 Å². The molecule has 1 aromatic heterocycles. The Balaban J connectivity index is 1.27. The third-order valence-electron chi connectivity index (χ3n) is 7.86. The number of halogens is 1. The van der Waals surface area contributed by atoms with Gasteiger partial charge < -0.3 is 30.2 Å². The van der Waals surface area contributed by atoms with Crippen LogP contribution in [-0.2, 0) is 6.54 Å². The van der Waals surface area contributed by atoms with Crippen molar-refractivity contribution in [3.63, 3.8) is 0 Å². The SMILES string of the molecule is NC1CCCN(C(=O)c2cc3c4c(c2)OCCN4[C@H](c2cc4ccc(F)cc4n2CC2CC2)N3)C1. The first-order valence-electron chi connectivity index (χ1n) is 12.7. The van der Waals surface area contributed by atoms with Gasteiger partial charge in [0.1, 0.15) is 30.0 Å². The molecule has 2 aromatic carbocycles. The Morgan fingerprint density at radius 1 is 1.14 bits per heavy atom. The second kappa shape index (κ2) is 7.88. The average molecular weight is 476 g/mol. The van der Waals surface area contributed by atoms with E-state index in [4.69, 9.17) is 10.5 Å². The molecule has 1 unspecified atom stereocenters. The maximum absolute atomic E-state index is 14.2. The van der Waals surface area contributed by atoms with E-state index in [9.17, 15) is 9.18 Å². The molecule has 2 atom stereocenters. The molecule has 0 spiro atoms. The van der Waals surface area contributed by atoms with Gasteiger partial charge in [-0.3, -0.25) is 4.79 Å². The quantitative estimate of drug-likeness (QED) is 0.595. The minimum Gasteiger partial charge on any atom is -0.489 e. The molecular formula is C27H30FN5O2. The molecule has 1 saturated carbocycles. The van der Waals surface area contributed by atoms with Crippen molar-refractivity contribution < 1.29 is 13.9 Å². The molecule has 0 radical (unpaired) electrons. The molecule has 1 saturated heterocycles. The number of piperidine rings is 1. The summed E-state index contributed by atoms with van der Waals surface area (Å²) in [6.07, 6.45) is 4.23. The first-order chi connectivity index (χ1) is 17.0. The fraction of sp³-hybridized carbons (Fsp3) is 0.444. The van der Waals surface area contributed by atoms with Gasteiger partial charge in [0.2, 0.25) is 0 Å². The van der Waals surface area contributed by atoms with Crippen molar-refractivity contribution in [1.82, 2.24) is 9.47 Å². The summed E-state index contributed by atoms with van der Waals surface area (Å²) in [5, 5.41) is 4.73. The second-order valence-electron chi connectivity index (χ2n) is 10.4. The van der Waals surface area contributed by atoms with Crippen LogP contribution in [0.4, 0.5) is 15.8 Å². The number of anilines is 2. The van der Waals surface area contributed by atoms with Crippen molar-refractivity contribution in [1.29, 1.82) is 0 Å². The molecule has 8 heteroatoms. The van der Waals surface area contributed by atoms with Crippen molar-refractivity contribution >= 4 is 28.2 Å². The first kappa shape index (κ1) is 21.1. The largest absolute Gasteiger partial charge is 0.489 e. The lowest BCUT2D eigenvalue weighted by atomic mass is 10.0. The first-order valence-corrected chi connectivity index (χ1v) is 12.7. The monoisotopic (exact) mass is 475 g/mol. The summed E-state index contributed by atoms with van der Waals surface area (Å²) in [7, 11) is 0. The number of nitrogens with two attached hydrogens (primary N) is 1. The highest BCUT2D eigenvalue weighted by Crippen LogP contribution is 2.50. The van der Waals surface area contributed by atoms with E-state index in [1.165, 1.54) is 18.9 Å². The number of likely N-dealkylation sites (tertiary alicyclic amines) is 1. The van der Waals surface area contributed by atoms with E-state index in [1.54, 1.807) is 6.07 Å². The summed E-state index contributed by atoms with van der Waals surface area (Å²) < 4.78 is 22.5. The van der Waals surface area contributed by atoms with E-state index in [1.807, 2.05) is 23.1 Å². The van der Waals surface area contributed by atoms with Crippen LogP contribution < -0.4 is 20.7 Å². The Labute approximate surface area is 203 Å². The summed E-state index contributed by atoms with van der Waals surface area (Å²) in [6.45, 7) is 3.51. The molecule has 3 N–H and O–H groups in total. The number of rotatable bonds is 4. The lowest BCUT2D eigenvalue weighted by Gasteiger charge is -2.33. The van der Waals surface area contributed by atoms with Crippen LogP contribution in [0.25, 0.3) is 10.9 Å². The molecule has 7 rings (SSSR count). The lowest BCUT2D eigenvalue weighted by molar-refractivity contribution is 0.0708. The molecule has 4 heterocycles. The molecule has 1 amide bonds. The van der Waals surface area contributed by atoms with Crippen LogP contribution >= 0.6 is 0 Å². The third kappa shape index (κ3) is 3.54. The molecule has 7 nitrogen and oxygen atoms in total. The molecule has 0 bridgehead atoms. The highest BCUT2D eigenvalue weighted by molar-refractivity contribution is 5.99. The minimum atomic E-state index is -0.212. The number of aromatic nitrogens is 1. The standard InChI is InChI=1S/C27H30FN5O2/c28-19-6-5-17-11-23(33(22(17)13-19)14-16-3-4-16)26-30-21-10-18(12-24-25(21)32(26)8-9-35-24)27(34)31-7-1-2-20(29)15-31/h5-6,10-13,16,20,26,30H,1-4,7-9,14-15,29H2/t20?,26-/m1/s1. The van der Waals surface area contributed by atoms with Crippen LogP contribution in [-0.4, -0.2) is 47.7 Å². The van der Waals surface area contributed by atoms with E-state index in [0.29, 0.717) is 24.6 Å². The maximum atomic E-state index is 14.2. The van der Waals surface area contributed by atoms with Gasteiger partial charge in [-0.1, -0.05) is 0 Å². The van der Waals surface area contributed by atoms with Gasteiger partial charge in [0, 0.05) is 36.6 Å². The molecular weight excluding hydrogens is 445 g/mol. The third-order valence-corrected chi connectivity index (χ3v) is 7.86. The number of nitrogens with zero attached hydrogens (tertiary/aromatic N) is 3. The Morgan fingerprint density at radius 2 is 2.03 bits per heavy atom. The van der Waals surface area contributed by atoms with Crippen molar-refractivity contribution in [2.45, 2.75) is 44.4 Å². The summed E-state index contributed by atoms with van der Waals surface area (Å²) in [6, 6.07) is 11.1. The normalized spacial score (nSPS) is 23.3. The number of nitrogens with one attached hydrogen (secondary N) is 1. The zero-order valence-corrected chi connectivity index (χ0v) is 19.7. The van der Waals surface area contributed by atoms with Gasteiger partial charge in [-0.2, -0.15) is 0 Å². The van der Waals surface area contributed by atoms with Gasteiger partial charge in [-0.25, -0.2) is 4.39 Å². The van der Waals surface area contributed by atoms with Crippen LogP contribution in [0.15, 0.2) is 36.4 Å². The Bertz CT molecular complexity index is 1330. The van der Waals surface area contributed by atoms with E-state index in [-0.39, 0.29) is 23.9 Å². The summed E-state index contributed by atoms with van der Waals surface area (Å²) in [4.78, 5) is 17.5. The van der Waals surface area contributed by atoms with Gasteiger partial charge in [0.05, 0.1) is 23.4 Å². The molecule has 3 aliphatic heterocycles. The molecule has 3 aromatic rings. The number of benzene rings is 2. The molecule has 1 aliphatic carbocycles. The van der Waals surface area contributed by atoms with Crippen LogP contribution in [0.2, 0.25) is 0 Å². The number of fused-ring (bicyclic) bond motifs is 1. The summed E-state index contributed by atoms with van der Waals surface area (Å²) in [5.41, 5.74) is 10.7. The van der Waals surface area contributed by atoms with Gasteiger partial charge in [-0.05, 0) is 68.0 Å². The van der Waals surface area contributed by atoms with Crippen LogP contribution in [0.1, 0.15) is 47.9 Å². The highest BCUT2D eigenvalue weighted by atomic mass is 19.1. The van der Waals surface area contributed by atoms with E-state index in [0.717, 1.165) is 66.2 Å². The summed E-state index contributed by atoms with van der Waals surface area (Å²) in [5.74, 6) is 1.18. The topological polar surface area (TPSA) is 75.8 Å². The highest BCUT2D eigenvalue weighted by Gasteiger charge is 2.39. The molecule has 35 heavy (non-hydrogen) atoms. The number of amides is 1. The van der Waals surface area contributed by atoms with Gasteiger partial charge >= 0.3 is 0 Å². The molecule has 182 valence electrons. The second-order valence-corrected chi connectivity index (χ2v) is 10.4.